The molecule has 104 valence electrons. The van der Waals surface area contributed by atoms with E-state index in [9.17, 15) is 4.79 Å². The van der Waals surface area contributed by atoms with E-state index in [1.54, 1.807) is 11.3 Å². The molecule has 2 aliphatic rings. The summed E-state index contributed by atoms with van der Waals surface area (Å²) in [4.78, 5) is 16.1. The Morgan fingerprint density at radius 3 is 2.79 bits per heavy atom. The molecule has 1 saturated carbocycles. The zero-order chi connectivity index (χ0) is 13.6. The average Bonchev–Trinajstić information content (AvgIpc) is 2.95. The first-order chi connectivity index (χ1) is 9.05. The molecular formula is C15H22N2OS. The molecule has 1 aliphatic heterocycles. The molecule has 1 N–H and O–H groups in total. The van der Waals surface area contributed by atoms with E-state index in [4.69, 9.17) is 0 Å². The summed E-state index contributed by atoms with van der Waals surface area (Å²) in [5, 5.41) is 5.66. The summed E-state index contributed by atoms with van der Waals surface area (Å²) in [5.74, 6) is 1.04. The normalized spacial score (nSPS) is 38.6. The molecule has 0 radical (unpaired) electrons. The third kappa shape index (κ3) is 2.01. The maximum absolute atomic E-state index is 12.8. The van der Waals surface area contributed by atoms with E-state index in [-0.39, 0.29) is 12.1 Å². The number of thiophene rings is 1. The Balaban J connectivity index is 1.90. The number of rotatable bonds is 3. The highest BCUT2D eigenvalue weighted by atomic mass is 32.1. The molecule has 0 spiro atoms. The van der Waals surface area contributed by atoms with Crippen LogP contribution in [0.3, 0.4) is 0 Å². The van der Waals surface area contributed by atoms with E-state index >= 15 is 0 Å². The zero-order valence-corrected chi connectivity index (χ0v) is 12.7. The van der Waals surface area contributed by atoms with Crippen molar-refractivity contribution in [3.05, 3.63) is 22.4 Å². The van der Waals surface area contributed by atoms with Crippen molar-refractivity contribution in [1.82, 2.24) is 10.2 Å². The lowest BCUT2D eigenvalue weighted by molar-refractivity contribution is -0.137. The smallest absolute Gasteiger partial charge is 0.244 e. The van der Waals surface area contributed by atoms with Crippen LogP contribution in [0.25, 0.3) is 0 Å². The second-order valence-electron chi connectivity index (χ2n) is 6.19. The molecule has 0 bridgehead atoms. The highest BCUT2D eigenvalue weighted by Crippen LogP contribution is 2.42. The third-order valence-corrected chi connectivity index (χ3v) is 5.63. The average molecular weight is 278 g/mol. The standard InChI is InChI=1S/C15H22N2OS/c1-4-15(3)14(18)17(11-8-10(2)9-11)13(16-15)12-6-5-7-19-12/h5-7,10-11,13,16H,4,8-9H2,1-3H3. The lowest BCUT2D eigenvalue weighted by Gasteiger charge is -2.42. The van der Waals surface area contributed by atoms with Gasteiger partial charge in [-0.25, -0.2) is 0 Å². The van der Waals surface area contributed by atoms with Gasteiger partial charge in [-0.1, -0.05) is 19.9 Å². The van der Waals surface area contributed by atoms with Crippen LogP contribution in [0, 0.1) is 5.92 Å². The van der Waals surface area contributed by atoms with E-state index < -0.39 is 5.54 Å². The maximum atomic E-state index is 12.8. The van der Waals surface area contributed by atoms with Crippen LogP contribution in [0.5, 0.6) is 0 Å². The summed E-state index contributed by atoms with van der Waals surface area (Å²) in [6, 6.07) is 4.62. The summed E-state index contributed by atoms with van der Waals surface area (Å²) in [6.45, 7) is 6.39. The van der Waals surface area contributed by atoms with Crippen LogP contribution >= 0.6 is 11.3 Å². The Morgan fingerprint density at radius 2 is 2.26 bits per heavy atom. The molecule has 1 aromatic heterocycles. The Labute approximate surface area is 119 Å². The van der Waals surface area contributed by atoms with Crippen LogP contribution in [0.2, 0.25) is 0 Å². The number of nitrogens with one attached hydrogen (secondary N) is 1. The summed E-state index contributed by atoms with van der Waals surface area (Å²) in [6.07, 6.45) is 3.21. The monoisotopic (exact) mass is 278 g/mol. The van der Waals surface area contributed by atoms with Crippen molar-refractivity contribution < 1.29 is 4.79 Å². The first kappa shape index (κ1) is 13.1. The largest absolute Gasteiger partial charge is 0.317 e. The lowest BCUT2D eigenvalue weighted by Crippen LogP contribution is -2.48. The van der Waals surface area contributed by atoms with Crippen molar-refractivity contribution >= 4 is 17.2 Å². The van der Waals surface area contributed by atoms with Crippen molar-refractivity contribution in [2.45, 2.75) is 57.8 Å². The summed E-state index contributed by atoms with van der Waals surface area (Å²) in [7, 11) is 0. The molecular weight excluding hydrogens is 256 g/mol. The molecule has 4 heteroatoms. The minimum absolute atomic E-state index is 0.0787. The van der Waals surface area contributed by atoms with Gasteiger partial charge in [0.1, 0.15) is 6.17 Å². The van der Waals surface area contributed by atoms with Crippen molar-refractivity contribution in [3.8, 4) is 0 Å². The van der Waals surface area contributed by atoms with Gasteiger partial charge in [-0.3, -0.25) is 10.1 Å². The van der Waals surface area contributed by atoms with Crippen molar-refractivity contribution in [1.29, 1.82) is 0 Å². The number of amides is 1. The number of carbonyl (C=O) groups excluding carboxylic acids is 1. The Bertz CT molecular complexity index is 466. The molecule has 0 aromatic carbocycles. The fraction of sp³-hybridized carbons (Fsp3) is 0.667. The van der Waals surface area contributed by atoms with Gasteiger partial charge in [-0.15, -0.1) is 11.3 Å². The first-order valence-corrected chi connectivity index (χ1v) is 8.07. The topological polar surface area (TPSA) is 32.3 Å². The van der Waals surface area contributed by atoms with E-state index in [0.29, 0.717) is 6.04 Å². The maximum Gasteiger partial charge on any atom is 0.244 e. The molecule has 19 heavy (non-hydrogen) atoms. The Kier molecular flexibility index (Phi) is 3.18. The van der Waals surface area contributed by atoms with Gasteiger partial charge in [0.15, 0.2) is 0 Å². The van der Waals surface area contributed by atoms with Crippen LogP contribution in [0.4, 0.5) is 0 Å². The second kappa shape index (κ2) is 4.60. The molecule has 1 saturated heterocycles. The molecule has 3 nitrogen and oxygen atoms in total. The van der Waals surface area contributed by atoms with Gasteiger partial charge >= 0.3 is 0 Å². The second-order valence-corrected chi connectivity index (χ2v) is 7.17. The summed E-state index contributed by atoms with van der Waals surface area (Å²) in [5.41, 5.74) is -0.395. The molecule has 3 rings (SSSR count). The van der Waals surface area contributed by atoms with Gasteiger partial charge in [0, 0.05) is 10.9 Å². The predicted molar refractivity (Wildman–Crippen MR) is 77.9 cm³/mol. The molecule has 2 heterocycles. The molecule has 1 aliphatic carbocycles. The van der Waals surface area contributed by atoms with Gasteiger partial charge in [-0.2, -0.15) is 0 Å². The number of nitrogens with zero attached hydrogens (tertiary/aromatic N) is 1. The molecule has 2 fully saturated rings. The highest BCUT2D eigenvalue weighted by molar-refractivity contribution is 7.10. The van der Waals surface area contributed by atoms with Crippen molar-refractivity contribution in [3.63, 3.8) is 0 Å². The lowest BCUT2D eigenvalue weighted by atomic mass is 9.80. The van der Waals surface area contributed by atoms with Crippen LogP contribution < -0.4 is 5.32 Å². The summed E-state index contributed by atoms with van der Waals surface area (Å²) < 4.78 is 0. The quantitative estimate of drug-likeness (QED) is 0.921. The minimum atomic E-state index is -0.395. The summed E-state index contributed by atoms with van der Waals surface area (Å²) >= 11 is 1.73. The fourth-order valence-corrected chi connectivity index (χ4v) is 3.98. The van der Waals surface area contributed by atoms with Crippen LogP contribution in [-0.2, 0) is 4.79 Å². The van der Waals surface area contributed by atoms with Crippen molar-refractivity contribution in [2.75, 3.05) is 0 Å². The third-order valence-electron chi connectivity index (χ3n) is 4.70. The fourth-order valence-electron chi connectivity index (χ4n) is 3.21. The van der Waals surface area contributed by atoms with Crippen molar-refractivity contribution in [2.24, 2.45) is 5.92 Å². The predicted octanol–water partition coefficient (Wildman–Crippen LogP) is 3.15. The van der Waals surface area contributed by atoms with E-state index in [1.165, 1.54) is 4.88 Å². The Morgan fingerprint density at radius 1 is 1.53 bits per heavy atom. The van der Waals surface area contributed by atoms with Crippen LogP contribution in [0.15, 0.2) is 17.5 Å². The van der Waals surface area contributed by atoms with Gasteiger partial charge in [-0.05, 0) is 43.6 Å². The first-order valence-electron chi connectivity index (χ1n) is 7.19. The van der Waals surface area contributed by atoms with E-state index in [2.05, 4.69) is 41.6 Å². The SMILES string of the molecule is CCC1(C)NC(c2cccs2)N(C2CC(C)C2)C1=O. The molecule has 1 amide bonds. The van der Waals surface area contributed by atoms with Gasteiger partial charge < -0.3 is 4.90 Å². The zero-order valence-electron chi connectivity index (χ0n) is 11.8. The van der Waals surface area contributed by atoms with Gasteiger partial charge in [0.05, 0.1) is 5.54 Å². The number of hydrogen-bond donors (Lipinski definition) is 1. The van der Waals surface area contributed by atoms with E-state index in [1.807, 2.05) is 6.92 Å². The van der Waals surface area contributed by atoms with Crippen LogP contribution in [-0.4, -0.2) is 22.4 Å². The van der Waals surface area contributed by atoms with Gasteiger partial charge in [0.25, 0.3) is 0 Å². The molecule has 2 unspecified atom stereocenters. The van der Waals surface area contributed by atoms with E-state index in [0.717, 1.165) is 25.2 Å². The number of hydrogen-bond acceptors (Lipinski definition) is 3. The number of carbonyl (C=O) groups is 1. The molecule has 2 atom stereocenters. The highest BCUT2D eigenvalue weighted by Gasteiger charge is 2.51. The molecule has 1 aromatic rings. The van der Waals surface area contributed by atoms with Crippen LogP contribution in [0.1, 0.15) is 51.1 Å². The van der Waals surface area contributed by atoms with Gasteiger partial charge in [0.2, 0.25) is 5.91 Å². The minimum Gasteiger partial charge on any atom is -0.317 e. The Hall–Kier alpha value is -0.870.